The van der Waals surface area contributed by atoms with Crippen molar-refractivity contribution in [2.24, 2.45) is 0 Å². The van der Waals surface area contributed by atoms with Crippen molar-refractivity contribution in [3.05, 3.63) is 95.1 Å². The van der Waals surface area contributed by atoms with E-state index in [1.165, 1.54) is 9.87 Å². The molecule has 0 aliphatic rings. The van der Waals surface area contributed by atoms with Gasteiger partial charge in [0.15, 0.2) is 0 Å². The monoisotopic (exact) mass is 464 g/mol. The van der Waals surface area contributed by atoms with Gasteiger partial charge in [0, 0.05) is 6.04 Å². The predicted molar refractivity (Wildman–Crippen MR) is 134 cm³/mol. The number of rotatable bonds is 9. The molecule has 174 valence electrons. The van der Waals surface area contributed by atoms with E-state index in [0.717, 1.165) is 29.5 Å². The van der Waals surface area contributed by atoms with Gasteiger partial charge in [0.2, 0.25) is 5.91 Å². The van der Waals surface area contributed by atoms with E-state index in [9.17, 15) is 13.2 Å². The normalized spacial score (nSPS) is 12.2. The Morgan fingerprint density at radius 3 is 2.18 bits per heavy atom. The summed E-state index contributed by atoms with van der Waals surface area (Å²) in [5, 5.41) is 2.97. The fourth-order valence-corrected chi connectivity index (χ4v) is 5.26. The Balaban J connectivity index is 1.80. The van der Waals surface area contributed by atoms with Gasteiger partial charge in [-0.25, -0.2) is 8.42 Å². The highest BCUT2D eigenvalue weighted by atomic mass is 32.2. The summed E-state index contributed by atoms with van der Waals surface area (Å²) in [4.78, 5) is 13.1. The van der Waals surface area contributed by atoms with Gasteiger partial charge in [-0.1, -0.05) is 65.7 Å². The Labute approximate surface area is 197 Å². The topological polar surface area (TPSA) is 66.5 Å². The number of nitrogens with zero attached hydrogens (tertiary/aromatic N) is 1. The van der Waals surface area contributed by atoms with Crippen LogP contribution in [0.3, 0.4) is 0 Å². The molecule has 3 aromatic carbocycles. The molecule has 5 nitrogen and oxygen atoms in total. The van der Waals surface area contributed by atoms with Crippen LogP contribution in [0, 0.1) is 20.8 Å². The first kappa shape index (κ1) is 24.5. The molecule has 0 fully saturated rings. The Bertz CT molecular complexity index is 1190. The molecule has 6 heteroatoms. The zero-order valence-corrected chi connectivity index (χ0v) is 20.5. The molecule has 0 saturated carbocycles. The minimum absolute atomic E-state index is 0.0826. The molecule has 1 N–H and O–H groups in total. The third-order valence-electron chi connectivity index (χ3n) is 5.63. The SMILES string of the molecule is Cc1ccc(S(=O)(=O)N(CC(=O)N[C@H](C)CCc2ccccc2)c2ccc(C)cc2C)cc1. The Hall–Kier alpha value is -3.12. The second-order valence-electron chi connectivity index (χ2n) is 8.61. The fourth-order valence-electron chi connectivity index (χ4n) is 3.77. The molecule has 0 aliphatic heterocycles. The maximum atomic E-state index is 13.6. The average molecular weight is 465 g/mol. The van der Waals surface area contributed by atoms with Gasteiger partial charge in [-0.15, -0.1) is 0 Å². The van der Waals surface area contributed by atoms with Gasteiger partial charge in [-0.3, -0.25) is 9.10 Å². The maximum absolute atomic E-state index is 13.6. The van der Waals surface area contributed by atoms with Crippen LogP contribution in [0.15, 0.2) is 77.7 Å². The molecular formula is C27H32N2O3S. The first-order valence-corrected chi connectivity index (χ1v) is 12.6. The van der Waals surface area contributed by atoms with Crippen molar-refractivity contribution in [2.75, 3.05) is 10.8 Å². The van der Waals surface area contributed by atoms with Crippen molar-refractivity contribution in [1.82, 2.24) is 5.32 Å². The van der Waals surface area contributed by atoms with E-state index in [0.29, 0.717) is 5.69 Å². The molecule has 0 saturated heterocycles. The zero-order chi connectivity index (χ0) is 24.0. The summed E-state index contributed by atoms with van der Waals surface area (Å²) in [5.74, 6) is -0.328. The van der Waals surface area contributed by atoms with Gasteiger partial charge in [0.05, 0.1) is 10.6 Å². The van der Waals surface area contributed by atoms with E-state index < -0.39 is 10.0 Å². The van der Waals surface area contributed by atoms with Gasteiger partial charge in [0.25, 0.3) is 10.0 Å². The molecule has 0 bridgehead atoms. The van der Waals surface area contributed by atoms with Crippen LogP contribution in [0.5, 0.6) is 0 Å². The van der Waals surface area contributed by atoms with E-state index in [1.807, 2.05) is 58.0 Å². The number of benzene rings is 3. The Kier molecular flexibility index (Phi) is 7.92. The summed E-state index contributed by atoms with van der Waals surface area (Å²) < 4.78 is 28.3. The van der Waals surface area contributed by atoms with Crippen LogP contribution < -0.4 is 9.62 Å². The van der Waals surface area contributed by atoms with Crippen molar-refractivity contribution in [3.63, 3.8) is 0 Å². The third-order valence-corrected chi connectivity index (χ3v) is 7.41. The molecule has 33 heavy (non-hydrogen) atoms. The van der Waals surface area contributed by atoms with E-state index in [2.05, 4.69) is 17.4 Å². The Morgan fingerprint density at radius 1 is 0.909 bits per heavy atom. The number of hydrogen-bond acceptors (Lipinski definition) is 3. The summed E-state index contributed by atoms with van der Waals surface area (Å²) in [6, 6.07) is 22.3. The van der Waals surface area contributed by atoms with E-state index in [-0.39, 0.29) is 23.4 Å². The number of carbonyl (C=O) groups is 1. The average Bonchev–Trinajstić information content (AvgIpc) is 2.77. The number of aryl methyl sites for hydroxylation is 4. The van der Waals surface area contributed by atoms with Crippen LogP contribution in [-0.2, 0) is 21.2 Å². The van der Waals surface area contributed by atoms with Gasteiger partial charge >= 0.3 is 0 Å². The van der Waals surface area contributed by atoms with Gasteiger partial charge < -0.3 is 5.32 Å². The minimum atomic E-state index is -3.92. The number of amides is 1. The smallest absolute Gasteiger partial charge is 0.264 e. The summed E-state index contributed by atoms with van der Waals surface area (Å²) >= 11 is 0. The Morgan fingerprint density at radius 2 is 1.55 bits per heavy atom. The van der Waals surface area contributed by atoms with Crippen molar-refractivity contribution in [2.45, 2.75) is 51.5 Å². The van der Waals surface area contributed by atoms with Gasteiger partial charge in [-0.2, -0.15) is 0 Å². The van der Waals surface area contributed by atoms with Crippen LogP contribution >= 0.6 is 0 Å². The fraction of sp³-hybridized carbons (Fsp3) is 0.296. The summed E-state index contributed by atoms with van der Waals surface area (Å²) in [6.45, 7) is 7.38. The minimum Gasteiger partial charge on any atom is -0.352 e. The molecule has 1 atom stereocenters. The highest BCUT2D eigenvalue weighted by Gasteiger charge is 2.28. The van der Waals surface area contributed by atoms with Crippen LogP contribution in [0.2, 0.25) is 0 Å². The molecular weight excluding hydrogens is 432 g/mol. The highest BCUT2D eigenvalue weighted by Crippen LogP contribution is 2.27. The lowest BCUT2D eigenvalue weighted by atomic mass is 10.1. The van der Waals surface area contributed by atoms with E-state index in [1.54, 1.807) is 30.3 Å². The number of carbonyl (C=O) groups excluding carboxylic acids is 1. The van der Waals surface area contributed by atoms with Crippen molar-refractivity contribution < 1.29 is 13.2 Å². The highest BCUT2D eigenvalue weighted by molar-refractivity contribution is 7.92. The van der Waals surface area contributed by atoms with Crippen LogP contribution in [0.1, 0.15) is 35.6 Å². The van der Waals surface area contributed by atoms with E-state index in [4.69, 9.17) is 0 Å². The molecule has 0 aromatic heterocycles. The predicted octanol–water partition coefficient (Wildman–Crippen LogP) is 4.94. The lowest BCUT2D eigenvalue weighted by Crippen LogP contribution is -2.44. The first-order valence-electron chi connectivity index (χ1n) is 11.2. The molecule has 3 rings (SSSR count). The summed E-state index contributed by atoms with van der Waals surface area (Å²) in [6.07, 6.45) is 1.61. The lowest BCUT2D eigenvalue weighted by Gasteiger charge is -2.26. The lowest BCUT2D eigenvalue weighted by molar-refractivity contribution is -0.120. The molecule has 3 aromatic rings. The summed E-state index contributed by atoms with van der Waals surface area (Å²) in [7, 11) is -3.92. The second kappa shape index (κ2) is 10.7. The molecule has 0 aliphatic carbocycles. The van der Waals surface area contributed by atoms with Crippen molar-refractivity contribution in [3.8, 4) is 0 Å². The number of hydrogen-bond donors (Lipinski definition) is 1. The molecule has 1 amide bonds. The van der Waals surface area contributed by atoms with E-state index >= 15 is 0 Å². The van der Waals surface area contributed by atoms with Gasteiger partial charge in [-0.05, 0) is 69.9 Å². The third kappa shape index (κ3) is 6.45. The standard InChI is InChI=1S/C27H32N2O3S/c1-20-10-15-25(16-11-20)33(31,32)29(26-17-12-21(2)18-22(26)3)19-27(30)28-23(4)13-14-24-8-6-5-7-9-24/h5-12,15-18,23H,13-14,19H2,1-4H3,(H,28,30)/t23-/m1/s1. The van der Waals surface area contributed by atoms with Crippen LogP contribution in [0.4, 0.5) is 5.69 Å². The molecule has 0 unspecified atom stereocenters. The van der Waals surface area contributed by atoms with Crippen molar-refractivity contribution >= 4 is 21.6 Å². The second-order valence-corrected chi connectivity index (χ2v) is 10.5. The number of nitrogens with one attached hydrogen (secondary N) is 1. The molecule has 0 heterocycles. The summed E-state index contributed by atoms with van der Waals surface area (Å²) in [5.41, 5.74) is 4.52. The zero-order valence-electron chi connectivity index (χ0n) is 19.7. The quantitative estimate of drug-likeness (QED) is 0.488. The molecule has 0 spiro atoms. The van der Waals surface area contributed by atoms with Gasteiger partial charge in [0.1, 0.15) is 6.54 Å². The van der Waals surface area contributed by atoms with Crippen molar-refractivity contribution in [1.29, 1.82) is 0 Å². The number of sulfonamides is 1. The number of anilines is 1. The first-order chi connectivity index (χ1) is 15.7. The van der Waals surface area contributed by atoms with Crippen LogP contribution in [0.25, 0.3) is 0 Å². The maximum Gasteiger partial charge on any atom is 0.264 e. The molecule has 0 radical (unpaired) electrons. The largest absolute Gasteiger partial charge is 0.352 e. The van der Waals surface area contributed by atoms with Crippen LogP contribution in [-0.4, -0.2) is 26.9 Å².